The Morgan fingerprint density at radius 3 is 2.58 bits per heavy atom. The fourth-order valence-corrected chi connectivity index (χ4v) is 3.02. The third-order valence-electron chi connectivity index (χ3n) is 3.36. The lowest BCUT2D eigenvalue weighted by molar-refractivity contribution is -0.141. The molecule has 1 unspecified atom stereocenters. The number of halogens is 3. The summed E-state index contributed by atoms with van der Waals surface area (Å²) in [5, 5.41) is 3.70. The molecule has 7 heteroatoms. The molecule has 0 saturated heterocycles. The van der Waals surface area contributed by atoms with E-state index in [1.165, 1.54) is 7.11 Å². The van der Waals surface area contributed by atoms with Gasteiger partial charge in [0, 0.05) is 14.5 Å². The van der Waals surface area contributed by atoms with E-state index in [1.54, 1.807) is 42.5 Å². The van der Waals surface area contributed by atoms with E-state index in [1.807, 2.05) is 0 Å². The molecule has 0 fully saturated rings. The van der Waals surface area contributed by atoms with E-state index in [0.717, 1.165) is 0 Å². The van der Waals surface area contributed by atoms with Gasteiger partial charge in [-0.25, -0.2) is 0 Å². The van der Waals surface area contributed by atoms with Crippen molar-refractivity contribution in [2.45, 2.75) is 12.5 Å². The minimum atomic E-state index is -0.621. The lowest BCUT2D eigenvalue weighted by Gasteiger charge is -2.20. The van der Waals surface area contributed by atoms with Crippen molar-refractivity contribution < 1.29 is 14.3 Å². The van der Waals surface area contributed by atoms with Crippen LogP contribution in [0.25, 0.3) is 0 Å². The Bertz CT molecular complexity index is 767. The summed E-state index contributed by atoms with van der Waals surface area (Å²) in [6.45, 7) is 0. The summed E-state index contributed by atoms with van der Waals surface area (Å²) in [6.07, 6.45) is -0.0375. The smallest absolute Gasteiger partial charge is 0.307 e. The molecule has 1 N–H and O–H groups in total. The van der Waals surface area contributed by atoms with Gasteiger partial charge in [0.2, 0.25) is 0 Å². The van der Waals surface area contributed by atoms with Crippen LogP contribution in [0, 0.1) is 0 Å². The van der Waals surface area contributed by atoms with Crippen LogP contribution >= 0.6 is 39.1 Å². The lowest BCUT2D eigenvalue weighted by Crippen LogP contribution is -2.31. The van der Waals surface area contributed by atoms with Crippen LogP contribution in [0.2, 0.25) is 10.0 Å². The van der Waals surface area contributed by atoms with E-state index in [2.05, 4.69) is 21.2 Å². The average Bonchev–Trinajstić information content (AvgIpc) is 2.56. The van der Waals surface area contributed by atoms with Gasteiger partial charge in [0.1, 0.15) is 0 Å². The zero-order chi connectivity index (χ0) is 17.7. The summed E-state index contributed by atoms with van der Waals surface area (Å²) in [5.74, 6) is -0.830. The van der Waals surface area contributed by atoms with E-state index in [0.29, 0.717) is 25.6 Å². The number of amides is 1. The minimum absolute atomic E-state index is 0.0375. The molecule has 0 aliphatic heterocycles. The number of carbonyl (C=O) groups is 2. The second-order valence-corrected chi connectivity index (χ2v) is 6.65. The molecule has 1 amide bonds. The minimum Gasteiger partial charge on any atom is -0.469 e. The van der Waals surface area contributed by atoms with Gasteiger partial charge in [-0.05, 0) is 45.8 Å². The Kier molecular flexibility index (Phi) is 6.66. The van der Waals surface area contributed by atoms with Crippen LogP contribution in [-0.4, -0.2) is 19.0 Å². The van der Waals surface area contributed by atoms with E-state index in [-0.39, 0.29) is 12.3 Å². The van der Waals surface area contributed by atoms with Crippen molar-refractivity contribution in [3.8, 4) is 0 Å². The number of hydrogen-bond donors (Lipinski definition) is 1. The maximum absolute atomic E-state index is 12.6. The molecule has 0 aliphatic carbocycles. The Morgan fingerprint density at radius 2 is 1.92 bits per heavy atom. The van der Waals surface area contributed by atoms with E-state index < -0.39 is 12.0 Å². The Balaban J connectivity index is 2.31. The van der Waals surface area contributed by atoms with E-state index >= 15 is 0 Å². The van der Waals surface area contributed by atoms with Crippen molar-refractivity contribution in [3.63, 3.8) is 0 Å². The summed E-state index contributed by atoms with van der Waals surface area (Å²) in [6, 6.07) is 11.3. The number of hydrogen-bond acceptors (Lipinski definition) is 3. The number of carbonyl (C=O) groups excluding carboxylic acids is 2. The molecular weight excluding hydrogens is 417 g/mol. The van der Waals surface area contributed by atoms with Crippen molar-refractivity contribution in [2.75, 3.05) is 7.11 Å². The molecule has 0 heterocycles. The van der Waals surface area contributed by atoms with Crippen LogP contribution in [0.5, 0.6) is 0 Å². The molecular formula is C17H14BrCl2NO3. The van der Waals surface area contributed by atoms with E-state index in [9.17, 15) is 9.59 Å². The Hall–Kier alpha value is -1.56. The third-order valence-corrected chi connectivity index (χ3v) is 4.63. The second-order valence-electron chi connectivity index (χ2n) is 4.95. The van der Waals surface area contributed by atoms with Gasteiger partial charge in [0.05, 0.1) is 25.1 Å². The largest absolute Gasteiger partial charge is 0.469 e. The predicted molar refractivity (Wildman–Crippen MR) is 97.4 cm³/mol. The Labute approximate surface area is 158 Å². The maximum Gasteiger partial charge on any atom is 0.307 e. The molecule has 126 valence electrons. The quantitative estimate of drug-likeness (QED) is 0.693. The highest BCUT2D eigenvalue weighted by atomic mass is 79.9. The summed E-state index contributed by atoms with van der Waals surface area (Å²) in [4.78, 5) is 24.3. The standard InChI is InChI=1S/C17H14BrCl2NO3/c1-24-16(22)9-15(11-4-2-3-5-14(11)20)21-17(23)12-8-10(19)6-7-13(12)18/h2-8,15H,9H2,1H3,(H,21,23). The number of methoxy groups -OCH3 is 1. The van der Waals surface area contributed by atoms with Crippen molar-refractivity contribution in [3.05, 3.63) is 68.1 Å². The monoisotopic (exact) mass is 429 g/mol. The van der Waals surface area contributed by atoms with Crippen LogP contribution in [0.15, 0.2) is 46.9 Å². The van der Waals surface area contributed by atoms with Crippen molar-refractivity contribution in [1.29, 1.82) is 0 Å². The van der Waals surface area contributed by atoms with Gasteiger partial charge < -0.3 is 10.1 Å². The SMILES string of the molecule is COC(=O)CC(NC(=O)c1cc(Cl)ccc1Br)c1ccccc1Cl. The van der Waals surface area contributed by atoms with Crippen LogP contribution in [0.3, 0.4) is 0 Å². The second kappa shape index (κ2) is 8.51. The van der Waals surface area contributed by atoms with Gasteiger partial charge in [-0.3, -0.25) is 9.59 Å². The van der Waals surface area contributed by atoms with Crippen molar-refractivity contribution >= 4 is 51.0 Å². The van der Waals surface area contributed by atoms with Crippen LogP contribution in [0.4, 0.5) is 0 Å². The van der Waals surface area contributed by atoms with E-state index in [4.69, 9.17) is 27.9 Å². The molecule has 1 atom stereocenters. The summed E-state index contributed by atoms with van der Waals surface area (Å²) in [7, 11) is 1.29. The van der Waals surface area contributed by atoms with Gasteiger partial charge in [-0.15, -0.1) is 0 Å². The Morgan fingerprint density at radius 1 is 1.21 bits per heavy atom. The fraction of sp³-hybridized carbons (Fsp3) is 0.176. The van der Waals surface area contributed by atoms with Gasteiger partial charge in [0.25, 0.3) is 5.91 Å². The summed E-state index contributed by atoms with van der Waals surface area (Å²) in [5.41, 5.74) is 1.00. The zero-order valence-corrected chi connectivity index (χ0v) is 15.8. The summed E-state index contributed by atoms with van der Waals surface area (Å²) < 4.78 is 5.31. The molecule has 2 rings (SSSR count). The van der Waals surface area contributed by atoms with Crippen LogP contribution in [0.1, 0.15) is 28.4 Å². The molecule has 4 nitrogen and oxygen atoms in total. The first-order valence-corrected chi connectivity index (χ1v) is 8.54. The highest BCUT2D eigenvalue weighted by Crippen LogP contribution is 2.27. The van der Waals surface area contributed by atoms with Gasteiger partial charge in [0.15, 0.2) is 0 Å². The molecule has 0 aliphatic rings. The molecule has 0 radical (unpaired) electrons. The van der Waals surface area contributed by atoms with Gasteiger partial charge >= 0.3 is 5.97 Å². The van der Waals surface area contributed by atoms with Gasteiger partial charge in [-0.1, -0.05) is 41.4 Å². The highest BCUT2D eigenvalue weighted by Gasteiger charge is 2.22. The predicted octanol–water partition coefficient (Wildman–Crippen LogP) is 4.79. The first-order valence-electron chi connectivity index (χ1n) is 6.99. The van der Waals surface area contributed by atoms with Crippen LogP contribution < -0.4 is 5.32 Å². The third kappa shape index (κ3) is 4.72. The molecule has 24 heavy (non-hydrogen) atoms. The number of esters is 1. The lowest BCUT2D eigenvalue weighted by atomic mass is 10.0. The topological polar surface area (TPSA) is 55.4 Å². The number of ether oxygens (including phenoxy) is 1. The number of rotatable bonds is 5. The molecule has 2 aromatic carbocycles. The molecule has 2 aromatic rings. The first-order chi connectivity index (χ1) is 11.4. The maximum atomic E-state index is 12.6. The molecule has 0 spiro atoms. The fourth-order valence-electron chi connectivity index (χ4n) is 2.15. The molecule has 0 bridgehead atoms. The number of benzene rings is 2. The van der Waals surface area contributed by atoms with Gasteiger partial charge in [-0.2, -0.15) is 0 Å². The average molecular weight is 431 g/mol. The van der Waals surface area contributed by atoms with Crippen LogP contribution in [-0.2, 0) is 9.53 Å². The molecule has 0 aromatic heterocycles. The number of nitrogens with one attached hydrogen (secondary N) is 1. The first kappa shape index (κ1) is 18.8. The van der Waals surface area contributed by atoms with Crippen molar-refractivity contribution in [1.82, 2.24) is 5.32 Å². The summed E-state index contributed by atoms with van der Waals surface area (Å²) >= 11 is 15.5. The zero-order valence-electron chi connectivity index (χ0n) is 12.7. The van der Waals surface area contributed by atoms with Crippen molar-refractivity contribution in [2.24, 2.45) is 0 Å². The normalized spacial score (nSPS) is 11.7. The highest BCUT2D eigenvalue weighted by molar-refractivity contribution is 9.10. The molecule has 0 saturated carbocycles.